The molecular weight excluding hydrogens is 322 g/mol. The van der Waals surface area contributed by atoms with Crippen LogP contribution in [0.1, 0.15) is 29.0 Å². The standard InChI is InChI=1S/C23H23NO2/c1-26-21-14-12-18(13-15-21)17-24-23(25)16-22(19-8-4-2-5-9-19)20-10-6-3-7-11-20/h2-15,22H,16-17H2,1H3,(H,24,25). The SMILES string of the molecule is COc1ccc(CNC(=O)CC(c2ccccc2)c2ccccc2)cc1. The predicted molar refractivity (Wildman–Crippen MR) is 104 cm³/mol. The molecule has 3 aromatic carbocycles. The van der Waals surface area contributed by atoms with Gasteiger partial charge in [0.05, 0.1) is 7.11 Å². The first-order chi connectivity index (χ1) is 12.8. The number of rotatable bonds is 7. The number of carbonyl (C=O) groups excluding carboxylic acids is 1. The lowest BCUT2D eigenvalue weighted by Crippen LogP contribution is -2.25. The van der Waals surface area contributed by atoms with Crippen LogP contribution in [0.3, 0.4) is 0 Å². The van der Waals surface area contributed by atoms with Crippen LogP contribution in [0.25, 0.3) is 0 Å². The topological polar surface area (TPSA) is 38.3 Å². The monoisotopic (exact) mass is 345 g/mol. The van der Waals surface area contributed by atoms with Gasteiger partial charge in [-0.1, -0.05) is 72.8 Å². The third-order valence-electron chi connectivity index (χ3n) is 4.44. The minimum absolute atomic E-state index is 0.0403. The Hall–Kier alpha value is -3.07. The van der Waals surface area contributed by atoms with Crippen LogP contribution < -0.4 is 10.1 Å². The van der Waals surface area contributed by atoms with Crippen molar-refractivity contribution in [2.75, 3.05) is 7.11 Å². The molecule has 3 rings (SSSR count). The van der Waals surface area contributed by atoms with Gasteiger partial charge in [-0.25, -0.2) is 0 Å². The number of hydrogen-bond acceptors (Lipinski definition) is 2. The summed E-state index contributed by atoms with van der Waals surface area (Å²) in [6, 6.07) is 28.1. The molecule has 3 heteroatoms. The second kappa shape index (κ2) is 8.86. The zero-order chi connectivity index (χ0) is 18.2. The van der Waals surface area contributed by atoms with Gasteiger partial charge in [-0.15, -0.1) is 0 Å². The molecule has 0 radical (unpaired) electrons. The molecule has 0 aliphatic rings. The molecule has 0 aliphatic carbocycles. The number of carbonyl (C=O) groups is 1. The number of ether oxygens (including phenoxy) is 1. The van der Waals surface area contributed by atoms with E-state index < -0.39 is 0 Å². The average Bonchev–Trinajstić information content (AvgIpc) is 2.72. The molecule has 0 aromatic heterocycles. The lowest BCUT2D eigenvalue weighted by molar-refractivity contribution is -0.121. The number of methoxy groups -OCH3 is 1. The highest BCUT2D eigenvalue weighted by Crippen LogP contribution is 2.27. The van der Waals surface area contributed by atoms with E-state index >= 15 is 0 Å². The summed E-state index contributed by atoms with van der Waals surface area (Å²) in [4.78, 5) is 12.6. The summed E-state index contributed by atoms with van der Waals surface area (Å²) in [6.07, 6.45) is 0.421. The van der Waals surface area contributed by atoms with Crippen molar-refractivity contribution in [1.82, 2.24) is 5.32 Å². The predicted octanol–water partition coefficient (Wildman–Crippen LogP) is 4.53. The molecule has 3 aromatic rings. The summed E-state index contributed by atoms with van der Waals surface area (Å²) >= 11 is 0. The summed E-state index contributed by atoms with van der Waals surface area (Å²) < 4.78 is 5.16. The molecule has 0 heterocycles. The Balaban J connectivity index is 1.67. The van der Waals surface area contributed by atoms with Crippen LogP contribution in [0.2, 0.25) is 0 Å². The minimum Gasteiger partial charge on any atom is -0.497 e. The zero-order valence-electron chi connectivity index (χ0n) is 14.9. The van der Waals surface area contributed by atoms with E-state index in [2.05, 4.69) is 29.6 Å². The van der Waals surface area contributed by atoms with Crippen LogP contribution >= 0.6 is 0 Å². The molecule has 0 saturated carbocycles. The van der Waals surface area contributed by atoms with Crippen LogP contribution in [0, 0.1) is 0 Å². The summed E-state index contributed by atoms with van der Waals surface area (Å²) in [5, 5.41) is 3.03. The normalized spacial score (nSPS) is 10.5. The Labute approximate surface area is 154 Å². The molecule has 0 aliphatic heterocycles. The summed E-state index contributed by atoms with van der Waals surface area (Å²) in [5.41, 5.74) is 3.35. The second-order valence-electron chi connectivity index (χ2n) is 6.20. The molecule has 0 spiro atoms. The number of hydrogen-bond donors (Lipinski definition) is 1. The van der Waals surface area contributed by atoms with E-state index in [-0.39, 0.29) is 11.8 Å². The summed E-state index contributed by atoms with van der Waals surface area (Å²) in [7, 11) is 1.64. The largest absolute Gasteiger partial charge is 0.497 e. The van der Waals surface area contributed by atoms with Gasteiger partial charge in [0.1, 0.15) is 5.75 Å². The maximum Gasteiger partial charge on any atom is 0.221 e. The smallest absolute Gasteiger partial charge is 0.221 e. The van der Waals surface area contributed by atoms with Crippen molar-refractivity contribution in [3.8, 4) is 5.75 Å². The van der Waals surface area contributed by atoms with Crippen molar-refractivity contribution in [2.24, 2.45) is 0 Å². The molecule has 1 N–H and O–H groups in total. The van der Waals surface area contributed by atoms with E-state index in [1.54, 1.807) is 7.11 Å². The maximum absolute atomic E-state index is 12.6. The van der Waals surface area contributed by atoms with Gasteiger partial charge >= 0.3 is 0 Å². The van der Waals surface area contributed by atoms with E-state index in [1.807, 2.05) is 60.7 Å². The summed E-state index contributed by atoms with van der Waals surface area (Å²) in [5.74, 6) is 0.903. The fraction of sp³-hybridized carbons (Fsp3) is 0.174. The van der Waals surface area contributed by atoms with Crippen LogP contribution in [-0.4, -0.2) is 13.0 Å². The number of nitrogens with one attached hydrogen (secondary N) is 1. The first-order valence-corrected chi connectivity index (χ1v) is 8.76. The van der Waals surface area contributed by atoms with Gasteiger partial charge in [-0.3, -0.25) is 4.79 Å². The Morgan fingerprint density at radius 3 is 1.88 bits per heavy atom. The van der Waals surface area contributed by atoms with Crippen LogP contribution in [0.4, 0.5) is 0 Å². The quantitative estimate of drug-likeness (QED) is 0.683. The summed E-state index contributed by atoms with van der Waals surface area (Å²) in [6.45, 7) is 0.513. The number of amides is 1. The molecule has 3 nitrogen and oxygen atoms in total. The van der Waals surface area contributed by atoms with Crippen LogP contribution in [0.15, 0.2) is 84.9 Å². The van der Waals surface area contributed by atoms with Crippen molar-refractivity contribution in [3.63, 3.8) is 0 Å². The number of benzene rings is 3. The average molecular weight is 345 g/mol. The van der Waals surface area contributed by atoms with Gasteiger partial charge in [-0.2, -0.15) is 0 Å². The van der Waals surface area contributed by atoms with Gasteiger partial charge in [0.2, 0.25) is 5.91 Å². The van der Waals surface area contributed by atoms with Gasteiger partial charge in [0, 0.05) is 18.9 Å². The van der Waals surface area contributed by atoms with Crippen LogP contribution in [-0.2, 0) is 11.3 Å². The zero-order valence-corrected chi connectivity index (χ0v) is 14.9. The highest BCUT2D eigenvalue weighted by Gasteiger charge is 2.17. The molecule has 26 heavy (non-hydrogen) atoms. The minimum atomic E-state index is 0.0403. The first kappa shape index (κ1) is 17.7. The van der Waals surface area contributed by atoms with Crippen molar-refractivity contribution < 1.29 is 9.53 Å². The van der Waals surface area contributed by atoms with E-state index in [9.17, 15) is 4.79 Å². The maximum atomic E-state index is 12.6. The van der Waals surface area contributed by atoms with Gasteiger partial charge in [0.25, 0.3) is 0 Å². The molecule has 1 amide bonds. The lowest BCUT2D eigenvalue weighted by Gasteiger charge is -2.18. The van der Waals surface area contributed by atoms with Gasteiger partial charge in [-0.05, 0) is 28.8 Å². The molecular formula is C23H23NO2. The third-order valence-corrected chi connectivity index (χ3v) is 4.44. The highest BCUT2D eigenvalue weighted by molar-refractivity contribution is 5.77. The van der Waals surface area contributed by atoms with E-state index in [0.29, 0.717) is 13.0 Å². The van der Waals surface area contributed by atoms with Crippen molar-refractivity contribution in [3.05, 3.63) is 102 Å². The molecule has 0 fully saturated rings. The Kier molecular flexibility index (Phi) is 6.05. The fourth-order valence-electron chi connectivity index (χ4n) is 3.00. The highest BCUT2D eigenvalue weighted by atomic mass is 16.5. The lowest BCUT2D eigenvalue weighted by atomic mass is 9.88. The van der Waals surface area contributed by atoms with Gasteiger partial charge < -0.3 is 10.1 Å². The van der Waals surface area contributed by atoms with Crippen molar-refractivity contribution >= 4 is 5.91 Å². The van der Waals surface area contributed by atoms with Gasteiger partial charge in [0.15, 0.2) is 0 Å². The first-order valence-electron chi connectivity index (χ1n) is 8.76. The van der Waals surface area contributed by atoms with E-state index in [4.69, 9.17) is 4.74 Å². The van der Waals surface area contributed by atoms with Crippen molar-refractivity contribution in [2.45, 2.75) is 18.9 Å². The van der Waals surface area contributed by atoms with Crippen LogP contribution in [0.5, 0.6) is 5.75 Å². The second-order valence-corrected chi connectivity index (χ2v) is 6.20. The van der Waals surface area contributed by atoms with E-state index in [0.717, 1.165) is 22.4 Å². The van der Waals surface area contributed by atoms with Crippen molar-refractivity contribution in [1.29, 1.82) is 0 Å². The molecule has 0 saturated heterocycles. The third kappa shape index (κ3) is 4.73. The molecule has 0 unspecified atom stereocenters. The molecule has 132 valence electrons. The Morgan fingerprint density at radius 1 is 0.846 bits per heavy atom. The Morgan fingerprint density at radius 2 is 1.38 bits per heavy atom. The van der Waals surface area contributed by atoms with E-state index in [1.165, 1.54) is 0 Å². The Bertz CT molecular complexity index is 774. The molecule has 0 atom stereocenters. The molecule has 0 bridgehead atoms. The fourth-order valence-corrected chi connectivity index (χ4v) is 3.00.